The summed E-state index contributed by atoms with van der Waals surface area (Å²) in [5, 5.41) is 13.0. The van der Waals surface area contributed by atoms with E-state index in [-0.39, 0.29) is 27.2 Å². The van der Waals surface area contributed by atoms with Crippen LogP contribution in [0.1, 0.15) is 15.9 Å². The topological polar surface area (TPSA) is 118 Å². The van der Waals surface area contributed by atoms with E-state index in [9.17, 15) is 13.2 Å². The fourth-order valence-corrected chi connectivity index (χ4v) is 4.72. The van der Waals surface area contributed by atoms with Crippen LogP contribution in [0.4, 0.5) is 0 Å². The minimum Gasteiger partial charge on any atom is -0.478 e. The zero-order valence-electron chi connectivity index (χ0n) is 14.2. The van der Waals surface area contributed by atoms with E-state index in [4.69, 9.17) is 16.7 Å². The Balaban J connectivity index is 1.74. The highest BCUT2D eigenvalue weighted by Crippen LogP contribution is 2.29. The normalized spacial score (nSPS) is 11.8. The average molecular weight is 417 g/mol. The van der Waals surface area contributed by atoms with E-state index in [1.807, 2.05) is 6.07 Å². The molecular formula is C18H13ClN4O4S. The van der Waals surface area contributed by atoms with Gasteiger partial charge in [0, 0.05) is 6.20 Å². The molecule has 0 saturated carbocycles. The smallest absolute Gasteiger partial charge is 0.338 e. The Hall–Kier alpha value is -3.17. The van der Waals surface area contributed by atoms with Crippen molar-refractivity contribution in [2.24, 2.45) is 0 Å². The molecule has 0 amide bonds. The Kier molecular flexibility index (Phi) is 4.40. The van der Waals surface area contributed by atoms with Gasteiger partial charge in [0.05, 0.1) is 38.5 Å². The van der Waals surface area contributed by atoms with Gasteiger partial charge in [0.1, 0.15) is 0 Å². The first-order valence-electron chi connectivity index (χ1n) is 8.08. The van der Waals surface area contributed by atoms with Gasteiger partial charge >= 0.3 is 5.97 Å². The SMILES string of the molecule is O=C(O)c1cnn(-c2nc3cc(S(=O)(=O)Cc4ccccc4)c(Cl)cc3[nH]2)c1. The second-order valence-electron chi connectivity index (χ2n) is 6.08. The van der Waals surface area contributed by atoms with Crippen LogP contribution in [-0.2, 0) is 15.6 Å². The summed E-state index contributed by atoms with van der Waals surface area (Å²) in [5.74, 6) is -1.05. The highest BCUT2D eigenvalue weighted by molar-refractivity contribution is 7.90. The van der Waals surface area contributed by atoms with Crippen molar-refractivity contribution in [2.75, 3.05) is 0 Å². The molecule has 0 aliphatic rings. The molecule has 2 heterocycles. The molecule has 142 valence electrons. The second-order valence-corrected chi connectivity index (χ2v) is 8.45. The highest BCUT2D eigenvalue weighted by Gasteiger charge is 2.21. The number of halogens is 1. The van der Waals surface area contributed by atoms with Crippen molar-refractivity contribution >= 4 is 38.4 Å². The summed E-state index contributed by atoms with van der Waals surface area (Å²) >= 11 is 6.23. The van der Waals surface area contributed by atoms with Gasteiger partial charge in [-0.05, 0) is 17.7 Å². The number of aromatic nitrogens is 4. The molecule has 2 aromatic heterocycles. The van der Waals surface area contributed by atoms with Crippen molar-refractivity contribution in [3.05, 3.63) is 71.0 Å². The molecule has 0 aliphatic heterocycles. The van der Waals surface area contributed by atoms with Crippen LogP contribution < -0.4 is 0 Å². The number of sulfone groups is 1. The number of hydrogen-bond donors (Lipinski definition) is 2. The van der Waals surface area contributed by atoms with Crippen LogP contribution in [-0.4, -0.2) is 39.2 Å². The largest absolute Gasteiger partial charge is 0.478 e. The van der Waals surface area contributed by atoms with Crippen LogP contribution in [0.2, 0.25) is 5.02 Å². The van der Waals surface area contributed by atoms with Gasteiger partial charge in [-0.3, -0.25) is 0 Å². The Morgan fingerprint density at radius 3 is 2.64 bits per heavy atom. The van der Waals surface area contributed by atoms with Gasteiger partial charge in [0.2, 0.25) is 5.95 Å². The number of carboxylic acids is 1. The summed E-state index contributed by atoms with van der Waals surface area (Å²) in [6.45, 7) is 0. The third kappa shape index (κ3) is 3.37. The van der Waals surface area contributed by atoms with Crippen molar-refractivity contribution in [3.8, 4) is 5.95 Å². The number of hydrogen-bond acceptors (Lipinski definition) is 5. The molecule has 0 radical (unpaired) electrons. The van der Waals surface area contributed by atoms with Gasteiger partial charge in [0.25, 0.3) is 0 Å². The number of nitrogens with one attached hydrogen (secondary N) is 1. The van der Waals surface area contributed by atoms with Crippen molar-refractivity contribution in [3.63, 3.8) is 0 Å². The first-order chi connectivity index (χ1) is 13.3. The molecule has 0 aliphatic carbocycles. The number of benzene rings is 2. The van der Waals surface area contributed by atoms with E-state index < -0.39 is 15.8 Å². The lowest BCUT2D eigenvalue weighted by Gasteiger charge is -2.07. The highest BCUT2D eigenvalue weighted by atomic mass is 35.5. The Morgan fingerprint density at radius 2 is 1.96 bits per heavy atom. The van der Waals surface area contributed by atoms with E-state index in [0.29, 0.717) is 16.6 Å². The zero-order valence-corrected chi connectivity index (χ0v) is 15.8. The molecule has 0 bridgehead atoms. The lowest BCUT2D eigenvalue weighted by Crippen LogP contribution is -2.05. The molecule has 8 nitrogen and oxygen atoms in total. The fraction of sp³-hybridized carbons (Fsp3) is 0.0556. The average Bonchev–Trinajstić information content (AvgIpc) is 3.28. The number of H-pyrrole nitrogens is 1. The Bertz CT molecular complexity index is 1300. The second kappa shape index (κ2) is 6.77. The number of nitrogens with zero attached hydrogens (tertiary/aromatic N) is 3. The van der Waals surface area contributed by atoms with Crippen molar-refractivity contribution in [1.82, 2.24) is 19.7 Å². The van der Waals surface area contributed by atoms with E-state index in [2.05, 4.69) is 15.1 Å². The first-order valence-corrected chi connectivity index (χ1v) is 10.1. The summed E-state index contributed by atoms with van der Waals surface area (Å²) in [4.78, 5) is 18.2. The van der Waals surface area contributed by atoms with Crippen LogP contribution in [0, 0.1) is 0 Å². The molecule has 0 fully saturated rings. The minimum absolute atomic E-state index is 0.00427. The molecule has 0 spiro atoms. The van der Waals surface area contributed by atoms with Gasteiger partial charge < -0.3 is 10.1 Å². The summed E-state index contributed by atoms with van der Waals surface area (Å²) in [7, 11) is -3.68. The van der Waals surface area contributed by atoms with E-state index in [1.54, 1.807) is 24.3 Å². The van der Waals surface area contributed by atoms with E-state index in [0.717, 1.165) is 0 Å². The van der Waals surface area contributed by atoms with E-state index >= 15 is 0 Å². The molecule has 2 aromatic carbocycles. The predicted molar refractivity (Wildman–Crippen MR) is 103 cm³/mol. The molecule has 0 unspecified atom stereocenters. The van der Waals surface area contributed by atoms with Crippen LogP contribution in [0.3, 0.4) is 0 Å². The fourth-order valence-electron chi connectivity index (χ4n) is 2.77. The number of aromatic carboxylic acids is 1. The van der Waals surface area contributed by atoms with Crippen LogP contribution >= 0.6 is 11.6 Å². The van der Waals surface area contributed by atoms with Crippen LogP contribution in [0.25, 0.3) is 17.0 Å². The summed E-state index contributed by atoms with van der Waals surface area (Å²) in [6.07, 6.45) is 2.49. The maximum atomic E-state index is 12.8. The van der Waals surface area contributed by atoms with Crippen LogP contribution in [0.5, 0.6) is 0 Å². The number of carboxylic acid groups (broad SMARTS) is 1. The van der Waals surface area contributed by atoms with Gasteiger partial charge in [0.15, 0.2) is 9.84 Å². The third-order valence-corrected chi connectivity index (χ3v) is 6.25. The molecule has 0 atom stereocenters. The zero-order chi connectivity index (χ0) is 19.9. The molecule has 28 heavy (non-hydrogen) atoms. The Labute approximate surface area is 164 Å². The quantitative estimate of drug-likeness (QED) is 0.516. The summed E-state index contributed by atoms with van der Waals surface area (Å²) < 4.78 is 26.9. The van der Waals surface area contributed by atoms with Gasteiger partial charge in [-0.15, -0.1) is 0 Å². The van der Waals surface area contributed by atoms with Crippen molar-refractivity contribution < 1.29 is 18.3 Å². The van der Waals surface area contributed by atoms with E-state index in [1.165, 1.54) is 29.2 Å². The molecule has 0 saturated heterocycles. The lowest BCUT2D eigenvalue weighted by atomic mass is 10.2. The number of imidazole rings is 1. The van der Waals surface area contributed by atoms with Gasteiger partial charge in [-0.2, -0.15) is 5.10 Å². The standard InChI is InChI=1S/C18H13ClN4O4S/c19-13-6-14-15(22-18(21-14)23-9-12(8-20-23)17(24)25)7-16(13)28(26,27)10-11-4-2-1-3-5-11/h1-9H,10H2,(H,21,22)(H,24,25). The molecule has 4 rings (SSSR count). The number of carbonyl (C=O) groups is 1. The predicted octanol–water partition coefficient (Wildman–Crippen LogP) is 3.07. The molecule has 4 aromatic rings. The minimum atomic E-state index is -3.68. The van der Waals surface area contributed by atoms with Crippen LogP contribution in [0.15, 0.2) is 59.8 Å². The number of rotatable bonds is 5. The first kappa shape index (κ1) is 18.2. The number of aromatic amines is 1. The van der Waals surface area contributed by atoms with Crippen molar-refractivity contribution in [1.29, 1.82) is 0 Å². The summed E-state index contributed by atoms with van der Waals surface area (Å²) in [5.41, 5.74) is 1.54. The number of fused-ring (bicyclic) bond motifs is 1. The lowest BCUT2D eigenvalue weighted by molar-refractivity contribution is 0.0697. The molecule has 10 heteroatoms. The molecular weight excluding hydrogens is 404 g/mol. The Morgan fingerprint density at radius 1 is 1.21 bits per heavy atom. The maximum Gasteiger partial charge on any atom is 0.338 e. The third-order valence-electron chi connectivity index (χ3n) is 4.10. The van der Waals surface area contributed by atoms with Gasteiger partial charge in [-0.25, -0.2) is 22.9 Å². The maximum absolute atomic E-state index is 12.8. The summed E-state index contributed by atoms with van der Waals surface area (Å²) in [6, 6.07) is 11.7. The van der Waals surface area contributed by atoms with Gasteiger partial charge in [-0.1, -0.05) is 41.9 Å². The monoisotopic (exact) mass is 416 g/mol. The van der Waals surface area contributed by atoms with Crippen molar-refractivity contribution in [2.45, 2.75) is 10.6 Å². The molecule has 2 N–H and O–H groups in total.